The van der Waals surface area contributed by atoms with E-state index in [0.717, 1.165) is 12.8 Å². The Kier molecular flexibility index (Phi) is 5.86. The van der Waals surface area contributed by atoms with Crippen LogP contribution in [0.4, 0.5) is 0 Å². The molecule has 0 aliphatic rings. The summed E-state index contributed by atoms with van der Waals surface area (Å²) in [5.41, 5.74) is -0.904. The minimum absolute atomic E-state index is 0.608. The van der Waals surface area contributed by atoms with E-state index in [9.17, 15) is 5.11 Å². The van der Waals surface area contributed by atoms with E-state index in [0.29, 0.717) is 5.76 Å². The topological polar surface area (TPSA) is 33.4 Å². The molecule has 1 aromatic rings. The molecule has 1 unspecified atom stereocenters. The molecule has 17 heavy (non-hydrogen) atoms. The van der Waals surface area contributed by atoms with Gasteiger partial charge in [-0.3, -0.25) is 0 Å². The first-order valence-electron chi connectivity index (χ1n) is 6.43. The number of aliphatic hydroxyl groups is 1. The molecule has 1 atom stereocenters. The van der Waals surface area contributed by atoms with E-state index in [1.807, 2.05) is 0 Å². The van der Waals surface area contributed by atoms with Crippen LogP contribution in [0, 0.1) is 11.8 Å². The second-order valence-corrected chi connectivity index (χ2v) is 4.67. The molecule has 1 heterocycles. The summed E-state index contributed by atoms with van der Waals surface area (Å²) < 4.78 is 5.10. The first kappa shape index (κ1) is 13.9. The molecule has 0 aliphatic carbocycles. The van der Waals surface area contributed by atoms with Gasteiger partial charge in [-0.05, 0) is 37.8 Å². The van der Waals surface area contributed by atoms with Gasteiger partial charge >= 0.3 is 0 Å². The normalized spacial score (nSPS) is 13.8. The van der Waals surface area contributed by atoms with Crippen LogP contribution in [0.1, 0.15) is 58.1 Å². The molecule has 0 aromatic carbocycles. The molecule has 1 aromatic heterocycles. The van der Waals surface area contributed by atoms with Gasteiger partial charge in [0, 0.05) is 0 Å². The molecular weight excluding hydrogens is 212 g/mol. The molecule has 0 radical (unpaired) electrons. The van der Waals surface area contributed by atoms with Crippen molar-refractivity contribution in [2.45, 2.75) is 58.0 Å². The fraction of sp³-hybridized carbons (Fsp3) is 0.600. The van der Waals surface area contributed by atoms with Crippen molar-refractivity contribution in [2.75, 3.05) is 0 Å². The molecule has 0 spiro atoms. The van der Waals surface area contributed by atoms with Crippen molar-refractivity contribution in [3.8, 4) is 11.8 Å². The van der Waals surface area contributed by atoms with Gasteiger partial charge < -0.3 is 9.52 Å². The molecule has 94 valence electrons. The number of unbranched alkanes of at least 4 members (excludes halogenated alkanes) is 4. The van der Waals surface area contributed by atoms with Crippen molar-refractivity contribution < 1.29 is 9.52 Å². The Labute approximate surface area is 104 Å². The fourth-order valence-electron chi connectivity index (χ4n) is 1.68. The summed E-state index contributed by atoms with van der Waals surface area (Å²) in [6.07, 6.45) is 8.28. The molecular formula is C15H22O2. The molecule has 0 bridgehead atoms. The maximum Gasteiger partial charge on any atom is 0.176 e. The third-order valence-corrected chi connectivity index (χ3v) is 2.74. The lowest BCUT2D eigenvalue weighted by atomic mass is 9.98. The first-order chi connectivity index (χ1) is 8.14. The van der Waals surface area contributed by atoms with Crippen LogP contribution in [0.3, 0.4) is 0 Å². The van der Waals surface area contributed by atoms with Gasteiger partial charge in [0.15, 0.2) is 5.76 Å². The fourth-order valence-corrected chi connectivity index (χ4v) is 1.68. The molecule has 2 nitrogen and oxygen atoms in total. The largest absolute Gasteiger partial charge is 0.456 e. The molecule has 0 aliphatic heterocycles. The van der Waals surface area contributed by atoms with Crippen molar-refractivity contribution >= 4 is 0 Å². The number of rotatable bonds is 6. The number of furan rings is 1. The van der Waals surface area contributed by atoms with Crippen molar-refractivity contribution in [3.05, 3.63) is 24.2 Å². The summed E-state index contributed by atoms with van der Waals surface area (Å²) in [5.74, 6) is 6.32. The molecule has 1 N–H and O–H groups in total. The average molecular weight is 234 g/mol. The van der Waals surface area contributed by atoms with Gasteiger partial charge in [0.2, 0.25) is 0 Å². The molecule has 0 fully saturated rings. The van der Waals surface area contributed by atoms with E-state index >= 15 is 0 Å². The van der Waals surface area contributed by atoms with Gasteiger partial charge in [-0.1, -0.05) is 38.5 Å². The Morgan fingerprint density at radius 3 is 2.71 bits per heavy atom. The molecule has 2 heteroatoms. The van der Waals surface area contributed by atoms with E-state index in [4.69, 9.17) is 4.42 Å². The predicted octanol–water partition coefficient (Wildman–Crippen LogP) is 3.74. The SMILES string of the molecule is CCCCCCCC(C)(O)C#Cc1ccco1. The van der Waals surface area contributed by atoms with Crippen LogP contribution in [0.5, 0.6) is 0 Å². The third kappa shape index (κ3) is 6.19. The van der Waals surface area contributed by atoms with Crippen LogP contribution >= 0.6 is 0 Å². The highest BCUT2D eigenvalue weighted by Crippen LogP contribution is 2.15. The quantitative estimate of drug-likeness (QED) is 0.601. The van der Waals surface area contributed by atoms with Gasteiger partial charge in [-0.15, -0.1) is 0 Å². The van der Waals surface area contributed by atoms with Crippen LogP contribution in [0.2, 0.25) is 0 Å². The van der Waals surface area contributed by atoms with Gasteiger partial charge in [-0.25, -0.2) is 0 Å². The Bertz CT molecular complexity index is 352. The Hall–Kier alpha value is -1.20. The van der Waals surface area contributed by atoms with Crippen LogP contribution in [0.15, 0.2) is 22.8 Å². The van der Waals surface area contributed by atoms with Crippen LogP contribution < -0.4 is 0 Å². The highest BCUT2D eigenvalue weighted by Gasteiger charge is 2.15. The average Bonchev–Trinajstić information content (AvgIpc) is 2.79. The maximum atomic E-state index is 10.1. The van der Waals surface area contributed by atoms with Crippen molar-refractivity contribution in [2.24, 2.45) is 0 Å². The number of hydrogen-bond donors (Lipinski definition) is 1. The monoisotopic (exact) mass is 234 g/mol. The minimum Gasteiger partial charge on any atom is -0.456 e. The van der Waals surface area contributed by atoms with Crippen LogP contribution in [-0.4, -0.2) is 10.7 Å². The lowest BCUT2D eigenvalue weighted by Crippen LogP contribution is -2.21. The summed E-state index contributed by atoms with van der Waals surface area (Å²) in [5, 5.41) is 10.1. The lowest BCUT2D eigenvalue weighted by Gasteiger charge is -2.15. The Balaban J connectivity index is 2.30. The number of hydrogen-bond acceptors (Lipinski definition) is 2. The summed E-state index contributed by atoms with van der Waals surface area (Å²) in [6.45, 7) is 3.97. The zero-order valence-electron chi connectivity index (χ0n) is 10.8. The lowest BCUT2D eigenvalue weighted by molar-refractivity contribution is 0.109. The standard InChI is InChI=1S/C15H22O2/c1-3-4-5-6-7-11-15(2,16)12-10-14-9-8-13-17-14/h8-9,13,16H,3-7,11H2,1-2H3. The third-order valence-electron chi connectivity index (χ3n) is 2.74. The van der Waals surface area contributed by atoms with Crippen molar-refractivity contribution in [3.63, 3.8) is 0 Å². The molecule has 0 saturated heterocycles. The summed E-state index contributed by atoms with van der Waals surface area (Å²) >= 11 is 0. The molecule has 0 saturated carbocycles. The molecule has 1 rings (SSSR count). The van der Waals surface area contributed by atoms with Crippen molar-refractivity contribution in [1.82, 2.24) is 0 Å². The van der Waals surface area contributed by atoms with Gasteiger partial charge in [0.25, 0.3) is 0 Å². The van der Waals surface area contributed by atoms with Gasteiger partial charge in [0.05, 0.1) is 6.26 Å². The predicted molar refractivity (Wildman–Crippen MR) is 69.6 cm³/mol. The van der Waals surface area contributed by atoms with Crippen LogP contribution in [-0.2, 0) is 0 Å². The maximum absolute atomic E-state index is 10.1. The molecule has 0 amide bonds. The van der Waals surface area contributed by atoms with E-state index in [1.165, 1.54) is 25.7 Å². The van der Waals surface area contributed by atoms with Crippen molar-refractivity contribution in [1.29, 1.82) is 0 Å². The summed E-state index contributed by atoms with van der Waals surface area (Å²) in [7, 11) is 0. The Morgan fingerprint density at radius 2 is 2.06 bits per heavy atom. The highest BCUT2D eigenvalue weighted by atomic mass is 16.3. The second kappa shape index (κ2) is 7.19. The second-order valence-electron chi connectivity index (χ2n) is 4.67. The van der Waals surface area contributed by atoms with E-state index in [-0.39, 0.29) is 0 Å². The van der Waals surface area contributed by atoms with Crippen LogP contribution in [0.25, 0.3) is 0 Å². The highest BCUT2D eigenvalue weighted by molar-refractivity contribution is 5.27. The zero-order valence-corrected chi connectivity index (χ0v) is 10.8. The van der Waals surface area contributed by atoms with E-state index in [2.05, 4.69) is 18.8 Å². The summed E-state index contributed by atoms with van der Waals surface area (Å²) in [4.78, 5) is 0. The van der Waals surface area contributed by atoms with E-state index in [1.54, 1.807) is 25.3 Å². The van der Waals surface area contributed by atoms with E-state index < -0.39 is 5.60 Å². The first-order valence-corrected chi connectivity index (χ1v) is 6.43. The Morgan fingerprint density at radius 1 is 1.29 bits per heavy atom. The minimum atomic E-state index is -0.904. The van der Waals surface area contributed by atoms with Gasteiger partial charge in [0.1, 0.15) is 5.60 Å². The summed E-state index contributed by atoms with van der Waals surface area (Å²) in [6, 6.07) is 3.59. The smallest absolute Gasteiger partial charge is 0.176 e. The zero-order chi connectivity index (χ0) is 12.6. The van der Waals surface area contributed by atoms with Gasteiger partial charge in [-0.2, -0.15) is 0 Å².